The molecule has 1 N–H and O–H groups in total. The molecule has 23 heavy (non-hydrogen) atoms. The number of hydrazine groups is 1. The summed E-state index contributed by atoms with van der Waals surface area (Å²) in [5.74, 6) is 0.270. The molecular formula is C19H20N2O2. The summed E-state index contributed by atoms with van der Waals surface area (Å²) >= 11 is 0. The maximum absolute atomic E-state index is 12.6. The van der Waals surface area contributed by atoms with Crippen molar-refractivity contribution in [2.75, 3.05) is 13.1 Å². The average Bonchev–Trinajstić information content (AvgIpc) is 2.93. The Morgan fingerprint density at radius 1 is 1.04 bits per heavy atom. The highest BCUT2D eigenvalue weighted by Gasteiger charge is 2.21. The van der Waals surface area contributed by atoms with Gasteiger partial charge < -0.3 is 4.42 Å². The van der Waals surface area contributed by atoms with E-state index >= 15 is 0 Å². The molecule has 118 valence electrons. The number of carbonyl (C=O) groups is 1. The Morgan fingerprint density at radius 2 is 1.83 bits per heavy atom. The van der Waals surface area contributed by atoms with Crippen LogP contribution in [0.15, 0.2) is 40.8 Å². The fraction of sp³-hybridized carbons (Fsp3) is 0.316. The number of furan rings is 1. The number of amides is 1. The van der Waals surface area contributed by atoms with Crippen molar-refractivity contribution in [3.05, 3.63) is 47.7 Å². The van der Waals surface area contributed by atoms with Crippen LogP contribution in [0.4, 0.5) is 0 Å². The molecule has 0 saturated carbocycles. The summed E-state index contributed by atoms with van der Waals surface area (Å²) < 4.78 is 5.98. The minimum Gasteiger partial charge on any atom is -0.450 e. The Kier molecular flexibility index (Phi) is 3.54. The van der Waals surface area contributed by atoms with Crippen LogP contribution in [-0.2, 0) is 0 Å². The first kappa shape index (κ1) is 14.3. The summed E-state index contributed by atoms with van der Waals surface area (Å²) in [6, 6.07) is 12.2. The monoisotopic (exact) mass is 308 g/mol. The summed E-state index contributed by atoms with van der Waals surface area (Å²) in [5, 5.41) is 5.17. The van der Waals surface area contributed by atoms with E-state index in [1.54, 1.807) is 0 Å². The Labute approximate surface area is 135 Å². The van der Waals surface area contributed by atoms with Crippen LogP contribution in [0.1, 0.15) is 35.4 Å². The minimum absolute atomic E-state index is 0.148. The maximum Gasteiger partial charge on any atom is 0.301 e. The van der Waals surface area contributed by atoms with E-state index in [-0.39, 0.29) is 5.91 Å². The van der Waals surface area contributed by atoms with E-state index in [4.69, 9.17) is 4.42 Å². The van der Waals surface area contributed by atoms with Gasteiger partial charge in [-0.1, -0.05) is 42.8 Å². The van der Waals surface area contributed by atoms with Crippen molar-refractivity contribution in [1.29, 1.82) is 0 Å². The van der Waals surface area contributed by atoms with Crippen LogP contribution in [0.2, 0.25) is 0 Å². The predicted octanol–water partition coefficient (Wildman–Crippen LogP) is 4.03. The van der Waals surface area contributed by atoms with E-state index in [9.17, 15) is 4.79 Å². The van der Waals surface area contributed by atoms with Crippen LogP contribution < -0.4 is 5.43 Å². The Balaban J connectivity index is 1.73. The van der Waals surface area contributed by atoms with E-state index in [0.29, 0.717) is 5.76 Å². The molecule has 1 aromatic heterocycles. The van der Waals surface area contributed by atoms with Gasteiger partial charge in [-0.2, -0.15) is 0 Å². The molecule has 1 saturated heterocycles. The topological polar surface area (TPSA) is 45.5 Å². The number of aryl methyl sites for hydroxylation is 1. The van der Waals surface area contributed by atoms with Crippen LogP contribution in [0.25, 0.3) is 21.7 Å². The lowest BCUT2D eigenvalue weighted by molar-refractivity contribution is 0.0722. The number of rotatable bonds is 2. The minimum atomic E-state index is -0.148. The van der Waals surface area contributed by atoms with Crippen LogP contribution in [-0.4, -0.2) is 24.0 Å². The van der Waals surface area contributed by atoms with Gasteiger partial charge in [-0.25, -0.2) is 5.01 Å². The molecule has 0 spiro atoms. The number of carbonyl (C=O) groups excluding carboxylic acids is 1. The second-order valence-electron chi connectivity index (χ2n) is 6.21. The molecule has 4 rings (SSSR count). The van der Waals surface area contributed by atoms with Crippen molar-refractivity contribution in [3.63, 3.8) is 0 Å². The normalized spacial score (nSPS) is 16.0. The zero-order chi connectivity index (χ0) is 15.8. The van der Waals surface area contributed by atoms with Gasteiger partial charge in [0.2, 0.25) is 0 Å². The second kappa shape index (κ2) is 5.70. The lowest BCUT2D eigenvalue weighted by Gasteiger charge is -2.26. The molecule has 2 aromatic carbocycles. The van der Waals surface area contributed by atoms with Gasteiger partial charge in [0, 0.05) is 29.4 Å². The third-order valence-electron chi connectivity index (χ3n) is 4.65. The second-order valence-corrected chi connectivity index (χ2v) is 6.21. The first-order valence-electron chi connectivity index (χ1n) is 8.21. The number of nitrogens with zero attached hydrogens (tertiary/aromatic N) is 1. The molecule has 0 radical (unpaired) electrons. The molecule has 1 aliphatic heterocycles. The lowest BCUT2D eigenvalue weighted by atomic mass is 10.1. The predicted molar refractivity (Wildman–Crippen MR) is 91.3 cm³/mol. The third-order valence-corrected chi connectivity index (χ3v) is 4.65. The Hall–Kier alpha value is -2.33. The SMILES string of the molecule is Cc1c(C(=O)NN2CCCCC2)oc2c1ccc1ccccc12. The van der Waals surface area contributed by atoms with Gasteiger partial charge in [0.1, 0.15) is 5.58 Å². The molecule has 0 unspecified atom stereocenters. The average molecular weight is 308 g/mol. The Morgan fingerprint density at radius 3 is 2.65 bits per heavy atom. The smallest absolute Gasteiger partial charge is 0.301 e. The van der Waals surface area contributed by atoms with Crippen molar-refractivity contribution < 1.29 is 9.21 Å². The van der Waals surface area contributed by atoms with Gasteiger partial charge in [-0.05, 0) is 25.2 Å². The molecule has 3 aromatic rings. The number of fused-ring (bicyclic) bond motifs is 3. The fourth-order valence-electron chi connectivity index (χ4n) is 3.37. The summed E-state index contributed by atoms with van der Waals surface area (Å²) in [6.45, 7) is 3.77. The molecule has 4 nitrogen and oxygen atoms in total. The fourth-order valence-corrected chi connectivity index (χ4v) is 3.37. The molecule has 0 atom stereocenters. The van der Waals surface area contributed by atoms with Crippen LogP contribution >= 0.6 is 0 Å². The first-order valence-corrected chi connectivity index (χ1v) is 8.21. The molecule has 0 bridgehead atoms. The molecule has 1 fully saturated rings. The zero-order valence-corrected chi connectivity index (χ0v) is 13.3. The van der Waals surface area contributed by atoms with E-state index in [1.165, 1.54) is 6.42 Å². The van der Waals surface area contributed by atoms with Gasteiger partial charge in [0.25, 0.3) is 0 Å². The zero-order valence-electron chi connectivity index (χ0n) is 13.3. The van der Waals surface area contributed by atoms with Crippen molar-refractivity contribution >= 4 is 27.6 Å². The Bertz CT molecular complexity index is 876. The van der Waals surface area contributed by atoms with Crippen LogP contribution in [0.3, 0.4) is 0 Å². The largest absolute Gasteiger partial charge is 0.450 e. The summed E-state index contributed by atoms with van der Waals surface area (Å²) in [6.07, 6.45) is 3.50. The molecule has 1 aliphatic rings. The van der Waals surface area contributed by atoms with E-state index < -0.39 is 0 Å². The number of benzene rings is 2. The number of hydrogen-bond acceptors (Lipinski definition) is 3. The quantitative estimate of drug-likeness (QED) is 0.777. The van der Waals surface area contributed by atoms with Crippen molar-refractivity contribution in [3.8, 4) is 0 Å². The van der Waals surface area contributed by atoms with Gasteiger partial charge in [-0.3, -0.25) is 10.2 Å². The highest BCUT2D eigenvalue weighted by Crippen LogP contribution is 2.31. The third kappa shape index (κ3) is 2.49. The summed E-state index contributed by atoms with van der Waals surface area (Å²) in [5.41, 5.74) is 4.68. The first-order chi connectivity index (χ1) is 11.2. The molecule has 2 heterocycles. The maximum atomic E-state index is 12.6. The van der Waals surface area contributed by atoms with Gasteiger partial charge in [0.05, 0.1) is 0 Å². The van der Waals surface area contributed by atoms with Gasteiger partial charge >= 0.3 is 5.91 Å². The van der Waals surface area contributed by atoms with Crippen LogP contribution in [0, 0.1) is 6.92 Å². The van der Waals surface area contributed by atoms with E-state index in [1.807, 2.05) is 36.2 Å². The molecule has 1 amide bonds. The van der Waals surface area contributed by atoms with Crippen molar-refractivity contribution in [2.45, 2.75) is 26.2 Å². The van der Waals surface area contributed by atoms with Crippen LogP contribution in [0.5, 0.6) is 0 Å². The highest BCUT2D eigenvalue weighted by molar-refractivity contribution is 6.08. The number of hydrogen-bond donors (Lipinski definition) is 1. The molecule has 4 heteroatoms. The summed E-state index contributed by atoms with van der Waals surface area (Å²) in [4.78, 5) is 12.6. The number of piperidine rings is 1. The standard InChI is InChI=1S/C19H20N2O2/c1-13-15-10-9-14-7-3-4-8-16(14)18(15)23-17(13)19(22)20-21-11-5-2-6-12-21/h3-4,7-10H,2,5-6,11-12H2,1H3,(H,20,22). The van der Waals surface area contributed by atoms with Crippen molar-refractivity contribution in [2.24, 2.45) is 0 Å². The summed E-state index contributed by atoms with van der Waals surface area (Å²) in [7, 11) is 0. The molecule has 0 aliphatic carbocycles. The lowest BCUT2D eigenvalue weighted by Crippen LogP contribution is -2.45. The molecular weight excluding hydrogens is 288 g/mol. The van der Waals surface area contributed by atoms with E-state index in [2.05, 4.69) is 17.6 Å². The number of nitrogens with one attached hydrogen (secondary N) is 1. The van der Waals surface area contributed by atoms with Crippen molar-refractivity contribution in [1.82, 2.24) is 10.4 Å². The van der Waals surface area contributed by atoms with E-state index in [0.717, 1.165) is 53.2 Å². The highest BCUT2D eigenvalue weighted by atomic mass is 16.3. The van der Waals surface area contributed by atoms with Gasteiger partial charge in [0.15, 0.2) is 5.76 Å². The van der Waals surface area contributed by atoms with Gasteiger partial charge in [-0.15, -0.1) is 0 Å².